The smallest absolute Gasteiger partial charge is 0.349 e. The van der Waals surface area contributed by atoms with Crippen LogP contribution in [-0.2, 0) is 4.79 Å². The second kappa shape index (κ2) is 11.8. The minimum absolute atomic E-state index is 0.0243. The molecule has 1 aliphatic heterocycles. The van der Waals surface area contributed by atoms with Gasteiger partial charge >= 0.3 is 5.69 Å². The van der Waals surface area contributed by atoms with Crippen LogP contribution in [0.15, 0.2) is 58.9 Å². The molecule has 0 radical (unpaired) electrons. The Morgan fingerprint density at radius 2 is 1.77 bits per heavy atom. The van der Waals surface area contributed by atoms with Crippen LogP contribution in [-0.4, -0.2) is 61.8 Å². The Bertz CT molecular complexity index is 1790. The van der Waals surface area contributed by atoms with Crippen molar-refractivity contribution in [2.24, 2.45) is 0 Å². The van der Waals surface area contributed by atoms with Gasteiger partial charge in [0.15, 0.2) is 11.5 Å². The monoisotopic (exact) mass is 608 g/mol. The summed E-state index contributed by atoms with van der Waals surface area (Å²) < 4.78 is 47.0. The van der Waals surface area contributed by atoms with Crippen molar-refractivity contribution >= 4 is 34.5 Å². The third-order valence-electron chi connectivity index (χ3n) is 7.62. The standard InChI is InChI=1S/C31H31F3N6O2S/c1-7-24(41)38-14-18(5)39(15-17(38)4)29-19-13-22(34)27(25-20(32)9-8-10-21(25)33)36-30(19)40(31(42)37-29)28-23(43-6)11-12-35-26(28)16(2)3/h7-13,16-18H,1,14-15H2,2-6H3/t17-,18+/m1/s1. The molecule has 1 saturated heterocycles. The average Bonchev–Trinajstić information content (AvgIpc) is 2.97. The van der Waals surface area contributed by atoms with Gasteiger partial charge in [-0.1, -0.05) is 26.5 Å². The van der Waals surface area contributed by atoms with Crippen molar-refractivity contribution in [2.45, 2.75) is 50.6 Å². The number of nitrogens with zero attached hydrogens (tertiary/aromatic N) is 6. The Morgan fingerprint density at radius 3 is 2.40 bits per heavy atom. The number of hydrogen-bond donors (Lipinski definition) is 0. The number of halogens is 3. The second-order valence-corrected chi connectivity index (χ2v) is 11.6. The number of carbonyl (C=O) groups is 1. The zero-order valence-electron chi connectivity index (χ0n) is 24.4. The van der Waals surface area contributed by atoms with Crippen LogP contribution in [0.3, 0.4) is 0 Å². The van der Waals surface area contributed by atoms with Crippen molar-refractivity contribution in [3.8, 4) is 16.9 Å². The molecule has 224 valence electrons. The van der Waals surface area contributed by atoms with Gasteiger partial charge in [-0.25, -0.2) is 27.5 Å². The summed E-state index contributed by atoms with van der Waals surface area (Å²) in [7, 11) is 0. The molecule has 1 aromatic carbocycles. The summed E-state index contributed by atoms with van der Waals surface area (Å²) in [6.45, 7) is 11.7. The lowest BCUT2D eigenvalue weighted by molar-refractivity contribution is -0.128. The maximum Gasteiger partial charge on any atom is 0.355 e. The lowest BCUT2D eigenvalue weighted by Gasteiger charge is -2.44. The number of anilines is 1. The van der Waals surface area contributed by atoms with E-state index >= 15 is 4.39 Å². The number of hydrogen-bond acceptors (Lipinski definition) is 7. The van der Waals surface area contributed by atoms with E-state index < -0.39 is 34.4 Å². The molecule has 12 heteroatoms. The molecule has 0 N–H and O–H groups in total. The summed E-state index contributed by atoms with van der Waals surface area (Å²) >= 11 is 1.38. The quantitative estimate of drug-likeness (QED) is 0.205. The van der Waals surface area contributed by atoms with Crippen LogP contribution < -0.4 is 10.6 Å². The highest BCUT2D eigenvalue weighted by molar-refractivity contribution is 7.98. The summed E-state index contributed by atoms with van der Waals surface area (Å²) in [5.74, 6) is -3.15. The van der Waals surface area contributed by atoms with Crippen LogP contribution in [0.4, 0.5) is 19.0 Å². The van der Waals surface area contributed by atoms with Crippen LogP contribution >= 0.6 is 11.8 Å². The molecule has 1 aliphatic rings. The molecule has 5 rings (SSSR count). The average molecular weight is 609 g/mol. The lowest BCUT2D eigenvalue weighted by Crippen LogP contribution is -2.58. The Balaban J connectivity index is 1.86. The Morgan fingerprint density at radius 1 is 1.07 bits per heavy atom. The van der Waals surface area contributed by atoms with E-state index in [-0.39, 0.29) is 47.3 Å². The molecule has 4 heterocycles. The number of piperazine rings is 1. The van der Waals surface area contributed by atoms with Crippen LogP contribution in [0, 0.1) is 17.5 Å². The summed E-state index contributed by atoms with van der Waals surface area (Å²) in [5, 5.41) is 0.172. The van der Waals surface area contributed by atoms with Crippen molar-refractivity contribution in [1.82, 2.24) is 24.4 Å². The maximum absolute atomic E-state index is 15.9. The van der Waals surface area contributed by atoms with E-state index in [0.29, 0.717) is 22.8 Å². The molecular formula is C31H31F3N6O2S. The van der Waals surface area contributed by atoms with Gasteiger partial charge in [0.1, 0.15) is 23.1 Å². The topological polar surface area (TPSA) is 84.2 Å². The van der Waals surface area contributed by atoms with Gasteiger partial charge in [-0.05, 0) is 56.4 Å². The number of aromatic nitrogens is 4. The molecule has 0 bridgehead atoms. The molecular weight excluding hydrogens is 577 g/mol. The van der Waals surface area contributed by atoms with Crippen molar-refractivity contribution in [3.05, 3.63) is 82.8 Å². The highest BCUT2D eigenvalue weighted by atomic mass is 32.2. The molecule has 0 saturated carbocycles. The summed E-state index contributed by atoms with van der Waals surface area (Å²) in [4.78, 5) is 44.1. The fourth-order valence-corrected chi connectivity index (χ4v) is 6.12. The fourth-order valence-electron chi connectivity index (χ4n) is 5.53. The van der Waals surface area contributed by atoms with Crippen LogP contribution in [0.5, 0.6) is 0 Å². The first-order valence-electron chi connectivity index (χ1n) is 13.8. The van der Waals surface area contributed by atoms with Gasteiger partial charge in [-0.3, -0.25) is 9.78 Å². The van der Waals surface area contributed by atoms with Gasteiger partial charge in [0, 0.05) is 36.3 Å². The Labute approximate surface area is 251 Å². The lowest BCUT2D eigenvalue weighted by atomic mass is 10.1. The number of amides is 1. The zero-order valence-corrected chi connectivity index (χ0v) is 25.3. The van der Waals surface area contributed by atoms with E-state index in [4.69, 9.17) is 0 Å². The van der Waals surface area contributed by atoms with Crippen LogP contribution in [0.2, 0.25) is 0 Å². The Hall–Kier alpha value is -4.19. The molecule has 0 aliphatic carbocycles. The Kier molecular flexibility index (Phi) is 8.33. The largest absolute Gasteiger partial charge is 0.355 e. The summed E-state index contributed by atoms with van der Waals surface area (Å²) in [5.41, 5.74) is -0.955. The van der Waals surface area contributed by atoms with Crippen LogP contribution in [0.25, 0.3) is 28.0 Å². The predicted molar refractivity (Wildman–Crippen MR) is 162 cm³/mol. The van der Waals surface area contributed by atoms with Crippen molar-refractivity contribution in [2.75, 3.05) is 24.2 Å². The first kappa shape index (κ1) is 30.3. The molecule has 2 atom stereocenters. The highest BCUT2D eigenvalue weighted by Crippen LogP contribution is 2.36. The number of fused-ring (bicyclic) bond motifs is 1. The zero-order chi connectivity index (χ0) is 31.2. The number of pyridine rings is 2. The van der Waals surface area contributed by atoms with E-state index in [1.54, 1.807) is 17.2 Å². The molecule has 3 aromatic heterocycles. The third-order valence-corrected chi connectivity index (χ3v) is 8.39. The normalized spacial score (nSPS) is 17.1. The number of thioether (sulfide) groups is 1. The van der Waals surface area contributed by atoms with Crippen molar-refractivity contribution in [1.29, 1.82) is 0 Å². The van der Waals surface area contributed by atoms with Gasteiger partial charge in [-0.2, -0.15) is 4.98 Å². The minimum atomic E-state index is -0.992. The van der Waals surface area contributed by atoms with E-state index in [2.05, 4.69) is 21.5 Å². The fraction of sp³-hybridized carbons (Fsp3) is 0.323. The number of rotatable bonds is 6. The first-order valence-corrected chi connectivity index (χ1v) is 15.0. The van der Waals surface area contributed by atoms with Gasteiger partial charge in [-0.15, -0.1) is 11.8 Å². The van der Waals surface area contributed by atoms with Crippen LogP contribution in [0.1, 0.15) is 39.3 Å². The van der Waals surface area contributed by atoms with E-state index in [0.717, 1.165) is 18.2 Å². The van der Waals surface area contributed by atoms with Gasteiger partial charge in [0.05, 0.1) is 22.3 Å². The minimum Gasteiger partial charge on any atom is -0.349 e. The van der Waals surface area contributed by atoms with E-state index in [1.165, 1.54) is 28.5 Å². The van der Waals surface area contributed by atoms with Gasteiger partial charge in [0.25, 0.3) is 0 Å². The van der Waals surface area contributed by atoms with Gasteiger partial charge < -0.3 is 9.80 Å². The maximum atomic E-state index is 15.9. The molecule has 0 spiro atoms. The van der Waals surface area contributed by atoms with Crippen molar-refractivity contribution < 1.29 is 18.0 Å². The van der Waals surface area contributed by atoms with Gasteiger partial charge in [0.2, 0.25) is 5.91 Å². The summed E-state index contributed by atoms with van der Waals surface area (Å²) in [6, 6.07) is 5.49. The first-order chi connectivity index (χ1) is 20.5. The second-order valence-electron chi connectivity index (χ2n) is 10.8. The van der Waals surface area contributed by atoms with E-state index in [1.807, 2.05) is 38.9 Å². The SMILES string of the molecule is C=CC(=O)N1C[C@H](C)N(c2nc(=O)n(-c3c(SC)ccnc3C(C)C)c3nc(-c4c(F)cccc4F)c(F)cc23)C[C@H]1C. The molecule has 1 fully saturated rings. The molecule has 0 unspecified atom stereocenters. The van der Waals surface area contributed by atoms with Crippen molar-refractivity contribution in [3.63, 3.8) is 0 Å². The third kappa shape index (κ3) is 5.28. The summed E-state index contributed by atoms with van der Waals surface area (Å²) in [6.07, 6.45) is 4.73. The molecule has 8 nitrogen and oxygen atoms in total. The highest BCUT2D eigenvalue weighted by Gasteiger charge is 2.34. The molecule has 1 amide bonds. The van der Waals surface area contributed by atoms with E-state index in [9.17, 15) is 18.4 Å². The molecule has 4 aromatic rings. The number of benzene rings is 1. The number of carbonyl (C=O) groups excluding carboxylic acids is 1. The molecule has 43 heavy (non-hydrogen) atoms. The predicted octanol–water partition coefficient (Wildman–Crippen LogP) is 5.72.